The highest BCUT2D eigenvalue weighted by molar-refractivity contribution is 14.0. The summed E-state index contributed by atoms with van der Waals surface area (Å²) in [6.45, 7) is 1.07. The fourth-order valence-electron chi connectivity index (χ4n) is 2.65. The van der Waals surface area contributed by atoms with Crippen LogP contribution in [-0.2, 0) is 13.1 Å². The number of hydrogen-bond acceptors (Lipinski definition) is 5. The number of methoxy groups -OCH3 is 2. The van der Waals surface area contributed by atoms with E-state index in [2.05, 4.69) is 41.8 Å². The molecule has 3 aromatic rings. The summed E-state index contributed by atoms with van der Waals surface area (Å²) in [5.74, 6) is 2.81. The van der Waals surface area contributed by atoms with Crippen molar-refractivity contribution in [2.45, 2.75) is 13.1 Å². The topological polar surface area (TPSA) is 85.1 Å². The summed E-state index contributed by atoms with van der Waals surface area (Å²) in [5.41, 5.74) is 1.84. The minimum Gasteiger partial charge on any atom is -0.493 e. The van der Waals surface area contributed by atoms with Crippen molar-refractivity contribution in [3.8, 4) is 11.5 Å². The highest BCUT2D eigenvalue weighted by Crippen LogP contribution is 2.36. The summed E-state index contributed by atoms with van der Waals surface area (Å²) in [7, 11) is 4.95. The SMILES string of the molecule is CN=C(NCc1cc(Br)c(OC)c(OC)c1)NCc1nnc2ccccn12.I. The molecule has 10 heteroatoms. The van der Waals surface area contributed by atoms with Gasteiger partial charge in [0, 0.05) is 19.8 Å². The van der Waals surface area contributed by atoms with E-state index < -0.39 is 0 Å². The number of guanidine groups is 1. The number of pyridine rings is 1. The van der Waals surface area contributed by atoms with Crippen LogP contribution in [0.25, 0.3) is 5.65 Å². The van der Waals surface area contributed by atoms with Crippen molar-refractivity contribution in [1.29, 1.82) is 0 Å². The molecule has 0 aliphatic carbocycles. The fraction of sp³-hybridized carbons (Fsp3) is 0.278. The minimum atomic E-state index is 0. The molecular weight excluding hydrogens is 539 g/mol. The van der Waals surface area contributed by atoms with Crippen LogP contribution in [0.4, 0.5) is 0 Å². The number of rotatable bonds is 6. The van der Waals surface area contributed by atoms with Crippen molar-refractivity contribution < 1.29 is 9.47 Å². The summed E-state index contributed by atoms with van der Waals surface area (Å²) in [6, 6.07) is 9.70. The second-order valence-corrected chi connectivity index (χ2v) is 6.49. The Balaban J connectivity index is 0.00000280. The van der Waals surface area contributed by atoms with Crippen LogP contribution >= 0.6 is 39.9 Å². The minimum absolute atomic E-state index is 0. The molecule has 28 heavy (non-hydrogen) atoms. The van der Waals surface area contributed by atoms with Crippen LogP contribution in [-0.4, -0.2) is 41.8 Å². The van der Waals surface area contributed by atoms with Gasteiger partial charge in [-0.3, -0.25) is 9.39 Å². The first-order chi connectivity index (χ1) is 13.2. The van der Waals surface area contributed by atoms with Gasteiger partial charge in [0.2, 0.25) is 0 Å². The van der Waals surface area contributed by atoms with Crippen LogP contribution in [0.5, 0.6) is 11.5 Å². The van der Waals surface area contributed by atoms with Gasteiger partial charge in [-0.2, -0.15) is 0 Å². The number of aliphatic imine (C=N–C) groups is 1. The maximum Gasteiger partial charge on any atom is 0.191 e. The summed E-state index contributed by atoms with van der Waals surface area (Å²) in [6.07, 6.45) is 1.93. The zero-order valence-electron chi connectivity index (χ0n) is 15.8. The van der Waals surface area contributed by atoms with Crippen molar-refractivity contribution >= 4 is 51.5 Å². The largest absolute Gasteiger partial charge is 0.493 e. The van der Waals surface area contributed by atoms with Gasteiger partial charge in [-0.1, -0.05) is 6.07 Å². The van der Waals surface area contributed by atoms with E-state index >= 15 is 0 Å². The Morgan fingerprint density at radius 3 is 2.64 bits per heavy atom. The Morgan fingerprint density at radius 1 is 1.14 bits per heavy atom. The first-order valence-electron chi connectivity index (χ1n) is 8.29. The second kappa shape index (κ2) is 10.5. The molecule has 0 saturated carbocycles. The molecule has 1 aromatic carbocycles. The third-order valence-electron chi connectivity index (χ3n) is 3.98. The number of benzene rings is 1. The molecule has 0 radical (unpaired) electrons. The number of nitrogens with zero attached hydrogens (tertiary/aromatic N) is 4. The van der Waals surface area contributed by atoms with Crippen LogP contribution in [0, 0.1) is 0 Å². The van der Waals surface area contributed by atoms with Crippen LogP contribution < -0.4 is 20.1 Å². The molecule has 3 rings (SSSR count). The lowest BCUT2D eigenvalue weighted by atomic mass is 10.2. The van der Waals surface area contributed by atoms with Crippen molar-refractivity contribution in [2.75, 3.05) is 21.3 Å². The quantitative estimate of drug-likeness (QED) is 0.274. The monoisotopic (exact) mass is 560 g/mol. The van der Waals surface area contributed by atoms with Gasteiger partial charge in [-0.05, 0) is 45.8 Å². The molecule has 2 aromatic heterocycles. The molecule has 2 N–H and O–H groups in total. The highest BCUT2D eigenvalue weighted by atomic mass is 127. The maximum absolute atomic E-state index is 5.38. The molecule has 0 aliphatic rings. The third-order valence-corrected chi connectivity index (χ3v) is 4.56. The molecule has 150 valence electrons. The number of halogens is 2. The lowest BCUT2D eigenvalue weighted by Gasteiger charge is -2.14. The normalized spacial score (nSPS) is 11.1. The van der Waals surface area contributed by atoms with E-state index in [1.54, 1.807) is 21.3 Å². The predicted octanol–water partition coefficient (Wildman–Crippen LogP) is 2.99. The summed E-state index contributed by atoms with van der Waals surface area (Å²) in [5, 5.41) is 14.9. The third kappa shape index (κ3) is 5.04. The fourth-order valence-corrected chi connectivity index (χ4v) is 3.31. The highest BCUT2D eigenvalue weighted by Gasteiger charge is 2.11. The Kier molecular flexibility index (Phi) is 8.30. The van der Waals surface area contributed by atoms with Gasteiger partial charge in [0.25, 0.3) is 0 Å². The molecule has 0 amide bonds. The molecule has 0 unspecified atom stereocenters. The van der Waals surface area contributed by atoms with E-state index in [-0.39, 0.29) is 24.0 Å². The van der Waals surface area contributed by atoms with E-state index in [9.17, 15) is 0 Å². The zero-order chi connectivity index (χ0) is 19.2. The molecule has 0 bridgehead atoms. The molecule has 8 nitrogen and oxygen atoms in total. The van der Waals surface area contributed by atoms with Crippen LogP contribution in [0.3, 0.4) is 0 Å². The van der Waals surface area contributed by atoms with Gasteiger partial charge >= 0.3 is 0 Å². The number of fused-ring (bicyclic) bond motifs is 1. The van der Waals surface area contributed by atoms with Crippen LogP contribution in [0.1, 0.15) is 11.4 Å². The summed E-state index contributed by atoms with van der Waals surface area (Å²) < 4.78 is 13.5. The molecule has 2 heterocycles. The maximum atomic E-state index is 5.38. The van der Waals surface area contributed by atoms with Gasteiger partial charge < -0.3 is 20.1 Å². The van der Waals surface area contributed by atoms with Crippen LogP contribution in [0.2, 0.25) is 0 Å². The Bertz CT molecular complexity index is 962. The number of ether oxygens (including phenoxy) is 2. The number of aromatic nitrogens is 3. The molecule has 0 atom stereocenters. The lowest BCUT2D eigenvalue weighted by molar-refractivity contribution is 0.352. The molecule has 0 spiro atoms. The van der Waals surface area contributed by atoms with Gasteiger partial charge in [0.1, 0.15) is 0 Å². The summed E-state index contributed by atoms with van der Waals surface area (Å²) in [4.78, 5) is 4.25. The first-order valence-corrected chi connectivity index (χ1v) is 9.09. The molecular formula is C18H22BrIN6O2. The van der Waals surface area contributed by atoms with E-state index in [1.807, 2.05) is 40.9 Å². The van der Waals surface area contributed by atoms with Crippen LogP contribution in [0.15, 0.2) is 46.0 Å². The summed E-state index contributed by atoms with van der Waals surface area (Å²) >= 11 is 3.51. The average molecular weight is 561 g/mol. The van der Waals surface area contributed by atoms with Crippen molar-refractivity contribution in [3.63, 3.8) is 0 Å². The Hall–Kier alpha value is -2.08. The van der Waals surface area contributed by atoms with Crippen molar-refractivity contribution in [3.05, 3.63) is 52.4 Å². The van der Waals surface area contributed by atoms with Crippen molar-refractivity contribution in [2.24, 2.45) is 4.99 Å². The van der Waals surface area contributed by atoms with E-state index in [0.29, 0.717) is 30.5 Å². The van der Waals surface area contributed by atoms with E-state index in [4.69, 9.17) is 9.47 Å². The molecule has 0 fully saturated rings. The first kappa shape index (κ1) is 22.2. The van der Waals surface area contributed by atoms with E-state index in [1.165, 1.54) is 0 Å². The predicted molar refractivity (Wildman–Crippen MR) is 123 cm³/mol. The van der Waals surface area contributed by atoms with Gasteiger partial charge in [0.05, 0.1) is 25.2 Å². The Labute approximate surface area is 188 Å². The van der Waals surface area contributed by atoms with Gasteiger partial charge in [-0.15, -0.1) is 34.2 Å². The smallest absolute Gasteiger partial charge is 0.191 e. The molecule has 0 aliphatic heterocycles. The zero-order valence-corrected chi connectivity index (χ0v) is 19.7. The van der Waals surface area contributed by atoms with Gasteiger partial charge in [-0.25, -0.2) is 0 Å². The molecule has 0 saturated heterocycles. The second-order valence-electron chi connectivity index (χ2n) is 5.64. The number of hydrogen-bond donors (Lipinski definition) is 2. The Morgan fingerprint density at radius 2 is 1.93 bits per heavy atom. The van der Waals surface area contributed by atoms with Crippen molar-refractivity contribution in [1.82, 2.24) is 25.2 Å². The number of nitrogens with one attached hydrogen (secondary N) is 2. The lowest BCUT2D eigenvalue weighted by Crippen LogP contribution is -2.36. The van der Waals surface area contributed by atoms with Gasteiger partial charge in [0.15, 0.2) is 28.9 Å². The average Bonchev–Trinajstić information content (AvgIpc) is 3.11. The standard InChI is InChI=1S/C18H21BrN6O2.HI/c1-20-18(22-11-16-24-23-15-6-4-5-7-25(15)16)21-10-12-8-13(19)17(27-3)14(9-12)26-2;/h4-9H,10-11H2,1-3H3,(H2,20,21,22);1H. The van der Waals surface area contributed by atoms with E-state index in [0.717, 1.165) is 21.5 Å².